The number of ether oxygens (including phenoxy) is 1. The first kappa shape index (κ1) is 15.3. The topological polar surface area (TPSA) is 80.3 Å². The first-order valence-electron chi connectivity index (χ1n) is 7.19. The Bertz CT molecular complexity index is 509. The third kappa shape index (κ3) is 4.73. The highest BCUT2D eigenvalue weighted by molar-refractivity contribution is 5.92. The van der Waals surface area contributed by atoms with E-state index in [1.807, 2.05) is 13.8 Å². The van der Waals surface area contributed by atoms with Crippen LogP contribution in [0.4, 0.5) is 5.82 Å². The second-order valence-electron chi connectivity index (χ2n) is 5.56. The maximum absolute atomic E-state index is 11.9. The van der Waals surface area contributed by atoms with Gasteiger partial charge in [-0.2, -0.15) is 0 Å². The van der Waals surface area contributed by atoms with Gasteiger partial charge in [-0.1, -0.05) is 0 Å². The molecular formula is C15H21N3O3. The lowest BCUT2D eigenvalue weighted by atomic mass is 10.2. The Labute approximate surface area is 124 Å². The van der Waals surface area contributed by atoms with Gasteiger partial charge in [-0.05, 0) is 45.7 Å². The third-order valence-electron chi connectivity index (χ3n) is 3.01. The quantitative estimate of drug-likeness (QED) is 0.780. The fourth-order valence-corrected chi connectivity index (χ4v) is 1.72. The molecule has 0 aromatic carbocycles. The zero-order valence-electron chi connectivity index (χ0n) is 12.6. The average molecular weight is 291 g/mol. The summed E-state index contributed by atoms with van der Waals surface area (Å²) in [5, 5.41) is 5.93. The summed E-state index contributed by atoms with van der Waals surface area (Å²) >= 11 is 0. The van der Waals surface area contributed by atoms with Crippen LogP contribution in [-0.4, -0.2) is 35.0 Å². The number of esters is 1. The van der Waals surface area contributed by atoms with Crippen molar-refractivity contribution in [2.45, 2.75) is 51.8 Å². The lowest BCUT2D eigenvalue weighted by Crippen LogP contribution is -2.39. The van der Waals surface area contributed by atoms with Gasteiger partial charge < -0.3 is 15.4 Å². The highest BCUT2D eigenvalue weighted by atomic mass is 16.5. The van der Waals surface area contributed by atoms with Crippen molar-refractivity contribution >= 4 is 17.7 Å². The lowest BCUT2D eigenvalue weighted by molar-refractivity contribution is -0.129. The molecule has 0 bridgehead atoms. The molecule has 1 fully saturated rings. The molecule has 0 aliphatic heterocycles. The highest BCUT2D eigenvalue weighted by Crippen LogP contribution is 2.23. The number of nitrogens with one attached hydrogen (secondary N) is 2. The van der Waals surface area contributed by atoms with Crippen LogP contribution in [0.1, 0.15) is 44.0 Å². The first-order chi connectivity index (χ1) is 9.95. The zero-order chi connectivity index (χ0) is 15.4. The molecule has 21 heavy (non-hydrogen) atoms. The number of hydrogen-bond donors (Lipinski definition) is 2. The van der Waals surface area contributed by atoms with E-state index in [0.717, 1.165) is 18.7 Å². The summed E-state index contributed by atoms with van der Waals surface area (Å²) in [6.45, 7) is 5.25. The summed E-state index contributed by atoms with van der Waals surface area (Å²) < 4.78 is 5.12. The first-order valence-corrected chi connectivity index (χ1v) is 7.19. The molecule has 6 nitrogen and oxygen atoms in total. The van der Waals surface area contributed by atoms with Crippen LogP contribution in [0.2, 0.25) is 0 Å². The fourth-order valence-electron chi connectivity index (χ4n) is 1.72. The fraction of sp³-hybridized carbons (Fsp3) is 0.533. The van der Waals surface area contributed by atoms with Crippen molar-refractivity contribution in [1.29, 1.82) is 0 Å². The van der Waals surface area contributed by atoms with Crippen molar-refractivity contribution < 1.29 is 14.3 Å². The van der Waals surface area contributed by atoms with Gasteiger partial charge in [0.05, 0.1) is 5.56 Å². The number of aromatic nitrogens is 1. The molecule has 114 valence electrons. The van der Waals surface area contributed by atoms with Gasteiger partial charge in [-0.3, -0.25) is 4.79 Å². The Morgan fingerprint density at radius 2 is 2.00 bits per heavy atom. The molecule has 1 aliphatic carbocycles. The van der Waals surface area contributed by atoms with Crippen molar-refractivity contribution in [2.24, 2.45) is 0 Å². The number of nitrogens with zero attached hydrogens (tertiary/aromatic N) is 1. The van der Waals surface area contributed by atoms with Gasteiger partial charge in [0, 0.05) is 18.3 Å². The summed E-state index contributed by atoms with van der Waals surface area (Å²) in [5.74, 6) is -0.107. The Balaban J connectivity index is 1.88. The largest absolute Gasteiger partial charge is 0.449 e. The number of amides is 1. The van der Waals surface area contributed by atoms with E-state index < -0.39 is 12.1 Å². The van der Waals surface area contributed by atoms with Gasteiger partial charge in [0.15, 0.2) is 6.10 Å². The summed E-state index contributed by atoms with van der Waals surface area (Å²) in [6, 6.07) is 3.91. The van der Waals surface area contributed by atoms with E-state index in [4.69, 9.17) is 4.74 Å². The van der Waals surface area contributed by atoms with E-state index in [9.17, 15) is 9.59 Å². The van der Waals surface area contributed by atoms with Gasteiger partial charge in [0.1, 0.15) is 5.82 Å². The van der Waals surface area contributed by atoms with Gasteiger partial charge >= 0.3 is 5.97 Å². The molecule has 1 amide bonds. The molecule has 1 aliphatic rings. The number of hydrogen-bond acceptors (Lipinski definition) is 5. The van der Waals surface area contributed by atoms with Crippen LogP contribution in [-0.2, 0) is 9.53 Å². The zero-order valence-corrected chi connectivity index (χ0v) is 12.6. The van der Waals surface area contributed by atoms with E-state index in [0.29, 0.717) is 11.6 Å². The van der Waals surface area contributed by atoms with Crippen LogP contribution in [0.25, 0.3) is 0 Å². The average Bonchev–Trinajstić information content (AvgIpc) is 3.22. The second-order valence-corrected chi connectivity index (χ2v) is 5.56. The van der Waals surface area contributed by atoms with E-state index in [2.05, 4.69) is 15.6 Å². The van der Waals surface area contributed by atoms with Crippen LogP contribution in [0.5, 0.6) is 0 Å². The van der Waals surface area contributed by atoms with Crippen molar-refractivity contribution in [3.05, 3.63) is 23.9 Å². The van der Waals surface area contributed by atoms with Gasteiger partial charge in [-0.15, -0.1) is 0 Å². The van der Waals surface area contributed by atoms with Crippen molar-refractivity contribution in [3.8, 4) is 0 Å². The molecule has 0 radical (unpaired) electrons. The summed E-state index contributed by atoms with van der Waals surface area (Å²) in [7, 11) is 0. The smallest absolute Gasteiger partial charge is 0.340 e. The minimum absolute atomic E-state index is 0.00750. The van der Waals surface area contributed by atoms with Crippen LogP contribution in [0.3, 0.4) is 0 Å². The standard InChI is InChI=1S/C15H21N3O3/c1-9(2)17-14(19)10(3)21-15(20)11-4-7-13(16-8-11)18-12-5-6-12/h4,7-10,12H,5-6H2,1-3H3,(H,16,18)(H,17,19). The Morgan fingerprint density at radius 1 is 1.29 bits per heavy atom. The summed E-state index contributed by atoms with van der Waals surface area (Å²) in [4.78, 5) is 27.8. The molecular weight excluding hydrogens is 270 g/mol. The van der Waals surface area contributed by atoms with Gasteiger partial charge in [-0.25, -0.2) is 9.78 Å². The van der Waals surface area contributed by atoms with Crippen molar-refractivity contribution in [3.63, 3.8) is 0 Å². The van der Waals surface area contributed by atoms with Gasteiger partial charge in [0.25, 0.3) is 5.91 Å². The molecule has 0 saturated heterocycles. The molecule has 2 rings (SSSR count). The third-order valence-corrected chi connectivity index (χ3v) is 3.01. The molecule has 1 aromatic heterocycles. The monoisotopic (exact) mass is 291 g/mol. The number of rotatable bonds is 6. The van der Waals surface area contributed by atoms with Gasteiger partial charge in [0.2, 0.25) is 0 Å². The molecule has 1 unspecified atom stereocenters. The van der Waals surface area contributed by atoms with E-state index in [1.54, 1.807) is 19.1 Å². The van der Waals surface area contributed by atoms with Crippen LogP contribution >= 0.6 is 0 Å². The number of pyridine rings is 1. The summed E-state index contributed by atoms with van der Waals surface area (Å²) in [5.41, 5.74) is 0.334. The number of anilines is 1. The Morgan fingerprint density at radius 3 is 2.52 bits per heavy atom. The van der Waals surface area contributed by atoms with Crippen molar-refractivity contribution in [2.75, 3.05) is 5.32 Å². The SMILES string of the molecule is CC(C)NC(=O)C(C)OC(=O)c1ccc(NC2CC2)nc1. The molecule has 1 saturated carbocycles. The Kier molecular flexibility index (Phi) is 4.77. The molecule has 6 heteroatoms. The Hall–Kier alpha value is -2.11. The molecule has 2 N–H and O–H groups in total. The second kappa shape index (κ2) is 6.56. The number of carbonyl (C=O) groups excluding carboxylic acids is 2. The molecule has 1 heterocycles. The predicted molar refractivity (Wildman–Crippen MR) is 79.0 cm³/mol. The minimum Gasteiger partial charge on any atom is -0.449 e. The highest BCUT2D eigenvalue weighted by Gasteiger charge is 2.22. The lowest BCUT2D eigenvalue weighted by Gasteiger charge is -2.15. The maximum atomic E-state index is 11.9. The molecule has 1 aromatic rings. The van der Waals surface area contributed by atoms with Crippen LogP contribution in [0, 0.1) is 0 Å². The van der Waals surface area contributed by atoms with Crippen LogP contribution < -0.4 is 10.6 Å². The predicted octanol–water partition coefficient (Wildman–Crippen LogP) is 1.73. The normalized spacial score (nSPS) is 15.4. The molecule has 1 atom stereocenters. The summed E-state index contributed by atoms with van der Waals surface area (Å²) in [6.07, 6.45) is 2.95. The molecule has 0 spiro atoms. The van der Waals surface area contributed by atoms with E-state index >= 15 is 0 Å². The van der Waals surface area contributed by atoms with Crippen LogP contribution in [0.15, 0.2) is 18.3 Å². The van der Waals surface area contributed by atoms with Crippen molar-refractivity contribution in [1.82, 2.24) is 10.3 Å². The van der Waals surface area contributed by atoms with E-state index in [1.165, 1.54) is 6.20 Å². The van der Waals surface area contributed by atoms with E-state index in [-0.39, 0.29) is 11.9 Å². The number of carbonyl (C=O) groups is 2. The minimum atomic E-state index is -0.829. The maximum Gasteiger partial charge on any atom is 0.340 e.